The molecule has 8 nitrogen and oxygen atoms in total. The van der Waals surface area contributed by atoms with Gasteiger partial charge in [-0.1, -0.05) is 6.07 Å². The van der Waals surface area contributed by atoms with Gasteiger partial charge in [-0.15, -0.1) is 0 Å². The van der Waals surface area contributed by atoms with E-state index in [1.807, 2.05) is 6.92 Å². The average Bonchev–Trinajstić information content (AvgIpc) is 2.46. The second-order valence-electron chi connectivity index (χ2n) is 5.10. The van der Waals surface area contributed by atoms with Gasteiger partial charge in [-0.2, -0.15) is 0 Å². The molecule has 0 spiro atoms. The topological polar surface area (TPSA) is 108 Å². The van der Waals surface area contributed by atoms with Gasteiger partial charge in [0.05, 0.1) is 12.1 Å². The van der Waals surface area contributed by atoms with E-state index in [1.165, 1.54) is 4.90 Å². The molecule has 0 saturated heterocycles. The zero-order valence-corrected chi connectivity index (χ0v) is 13.4. The lowest BCUT2D eigenvalue weighted by atomic mass is 10.2. The maximum Gasteiger partial charge on any atom is 0.319 e. The molecule has 3 amide bonds. The number of urea groups is 1. The summed E-state index contributed by atoms with van der Waals surface area (Å²) < 4.78 is 5.46. The average molecular weight is 323 g/mol. The fourth-order valence-corrected chi connectivity index (χ4v) is 1.57. The second kappa shape index (κ2) is 8.62. The molecule has 0 saturated carbocycles. The maximum absolute atomic E-state index is 11.7. The van der Waals surface area contributed by atoms with Crippen molar-refractivity contribution in [1.82, 2.24) is 10.2 Å². The summed E-state index contributed by atoms with van der Waals surface area (Å²) in [7, 11) is 3.24. The summed E-state index contributed by atoms with van der Waals surface area (Å²) in [5.74, 6) is -0.830. The lowest BCUT2D eigenvalue weighted by Gasteiger charge is -2.15. The molecule has 0 aliphatic rings. The highest BCUT2D eigenvalue weighted by Crippen LogP contribution is 2.25. The molecule has 0 aliphatic heterocycles. The molecular formula is C15H21N3O5. The molecule has 0 heterocycles. The van der Waals surface area contributed by atoms with Crippen molar-refractivity contribution >= 4 is 23.6 Å². The highest BCUT2D eigenvalue weighted by Gasteiger charge is 2.11. The summed E-state index contributed by atoms with van der Waals surface area (Å²) in [6, 6.07) is 4.60. The van der Waals surface area contributed by atoms with E-state index in [0.717, 1.165) is 5.56 Å². The van der Waals surface area contributed by atoms with E-state index in [4.69, 9.17) is 9.84 Å². The molecule has 126 valence electrons. The number of nitrogens with one attached hydrogen (secondary N) is 2. The van der Waals surface area contributed by atoms with Gasteiger partial charge in [-0.25, -0.2) is 4.79 Å². The molecule has 0 aromatic heterocycles. The van der Waals surface area contributed by atoms with E-state index in [-0.39, 0.29) is 25.5 Å². The number of carbonyl (C=O) groups is 3. The Kier molecular flexibility index (Phi) is 6.85. The van der Waals surface area contributed by atoms with E-state index in [1.54, 1.807) is 32.3 Å². The molecule has 3 N–H and O–H groups in total. The van der Waals surface area contributed by atoms with Crippen molar-refractivity contribution in [2.24, 2.45) is 0 Å². The third-order valence-electron chi connectivity index (χ3n) is 2.86. The molecule has 8 heteroatoms. The van der Waals surface area contributed by atoms with Crippen molar-refractivity contribution in [2.45, 2.75) is 13.3 Å². The first-order chi connectivity index (χ1) is 10.8. The second-order valence-corrected chi connectivity index (χ2v) is 5.10. The van der Waals surface area contributed by atoms with Gasteiger partial charge in [0.15, 0.2) is 6.61 Å². The molecule has 0 atom stereocenters. The Morgan fingerprint density at radius 1 is 1.26 bits per heavy atom. The van der Waals surface area contributed by atoms with Crippen LogP contribution in [0.25, 0.3) is 0 Å². The fraction of sp³-hybridized carbons (Fsp3) is 0.400. The van der Waals surface area contributed by atoms with Crippen LogP contribution in [0.1, 0.15) is 12.0 Å². The van der Waals surface area contributed by atoms with Crippen LogP contribution in [0.5, 0.6) is 5.75 Å². The van der Waals surface area contributed by atoms with Crippen molar-refractivity contribution in [3.63, 3.8) is 0 Å². The smallest absolute Gasteiger partial charge is 0.319 e. The number of hydrogen-bond acceptors (Lipinski definition) is 4. The Morgan fingerprint density at radius 3 is 2.57 bits per heavy atom. The quantitative estimate of drug-likeness (QED) is 0.695. The SMILES string of the molecule is Cc1ccc(NC(=O)NCCC(=O)O)c(OCC(=O)N(C)C)c1. The lowest BCUT2D eigenvalue weighted by molar-refractivity contribution is -0.136. The number of amides is 3. The zero-order valence-electron chi connectivity index (χ0n) is 13.4. The summed E-state index contributed by atoms with van der Waals surface area (Å²) in [6.45, 7) is 1.73. The molecule has 0 fully saturated rings. The number of hydrogen-bond donors (Lipinski definition) is 3. The largest absolute Gasteiger partial charge is 0.482 e. The van der Waals surface area contributed by atoms with Crippen LogP contribution in [0.3, 0.4) is 0 Å². The normalized spacial score (nSPS) is 9.87. The van der Waals surface area contributed by atoms with Crippen LogP contribution in [-0.2, 0) is 9.59 Å². The third-order valence-corrected chi connectivity index (χ3v) is 2.86. The number of carbonyl (C=O) groups excluding carboxylic acids is 2. The first-order valence-electron chi connectivity index (χ1n) is 7.00. The summed E-state index contributed by atoms with van der Waals surface area (Å²) in [6.07, 6.45) is -0.165. The Bertz CT molecular complexity index is 586. The standard InChI is InChI=1S/C15H21N3O5/c1-10-4-5-11(17-15(22)16-7-6-14(20)21)12(8-10)23-9-13(19)18(2)3/h4-5,8H,6-7,9H2,1-3H3,(H,20,21)(H2,16,17,22). The number of anilines is 1. The number of carboxylic acids is 1. The molecule has 0 unspecified atom stereocenters. The first-order valence-corrected chi connectivity index (χ1v) is 7.00. The van der Waals surface area contributed by atoms with E-state index in [9.17, 15) is 14.4 Å². The molecule has 1 aromatic carbocycles. The van der Waals surface area contributed by atoms with Crippen molar-refractivity contribution in [1.29, 1.82) is 0 Å². The molecule has 1 aromatic rings. The Hall–Kier alpha value is -2.77. The van der Waals surface area contributed by atoms with Gasteiger partial charge in [0.1, 0.15) is 5.75 Å². The molecular weight excluding hydrogens is 302 g/mol. The van der Waals surface area contributed by atoms with Crippen molar-refractivity contribution in [3.8, 4) is 5.75 Å². The summed E-state index contributed by atoms with van der Waals surface area (Å²) >= 11 is 0. The maximum atomic E-state index is 11.7. The summed E-state index contributed by atoms with van der Waals surface area (Å²) in [5.41, 5.74) is 1.31. The number of aryl methyl sites for hydroxylation is 1. The number of rotatable bonds is 7. The molecule has 23 heavy (non-hydrogen) atoms. The van der Waals surface area contributed by atoms with Gasteiger partial charge >= 0.3 is 12.0 Å². The lowest BCUT2D eigenvalue weighted by Crippen LogP contribution is -2.31. The van der Waals surface area contributed by atoms with Gasteiger partial charge < -0.3 is 25.4 Å². The predicted octanol–water partition coefficient (Wildman–Crippen LogP) is 1.06. The van der Waals surface area contributed by atoms with Gasteiger partial charge in [0.2, 0.25) is 0 Å². The van der Waals surface area contributed by atoms with Crippen LogP contribution < -0.4 is 15.4 Å². The van der Waals surface area contributed by atoms with Crippen LogP contribution in [-0.4, -0.2) is 55.2 Å². The number of carboxylic acid groups (broad SMARTS) is 1. The predicted molar refractivity (Wildman–Crippen MR) is 84.6 cm³/mol. The van der Waals surface area contributed by atoms with Crippen molar-refractivity contribution < 1.29 is 24.2 Å². The first kappa shape index (κ1) is 18.3. The minimum absolute atomic E-state index is 0.0162. The molecule has 0 aliphatic carbocycles. The molecule has 1 rings (SSSR count). The third kappa shape index (κ3) is 6.68. The Labute approximate surface area is 134 Å². The Morgan fingerprint density at radius 2 is 1.96 bits per heavy atom. The number of nitrogens with zero attached hydrogens (tertiary/aromatic N) is 1. The highest BCUT2D eigenvalue weighted by atomic mass is 16.5. The van der Waals surface area contributed by atoms with Crippen LogP contribution >= 0.6 is 0 Å². The van der Waals surface area contributed by atoms with E-state index in [0.29, 0.717) is 11.4 Å². The van der Waals surface area contributed by atoms with Gasteiger partial charge in [0, 0.05) is 20.6 Å². The Balaban J connectivity index is 2.68. The van der Waals surface area contributed by atoms with E-state index < -0.39 is 12.0 Å². The number of likely N-dealkylation sites (N-methyl/N-ethyl adjacent to an activating group) is 1. The van der Waals surface area contributed by atoms with Gasteiger partial charge in [-0.3, -0.25) is 9.59 Å². The minimum Gasteiger partial charge on any atom is -0.482 e. The minimum atomic E-state index is -0.994. The monoisotopic (exact) mass is 323 g/mol. The molecule has 0 bridgehead atoms. The number of aliphatic carboxylic acids is 1. The number of benzene rings is 1. The van der Waals surface area contributed by atoms with E-state index >= 15 is 0 Å². The van der Waals surface area contributed by atoms with Crippen molar-refractivity contribution in [3.05, 3.63) is 23.8 Å². The zero-order chi connectivity index (χ0) is 17.4. The van der Waals surface area contributed by atoms with Crippen LogP contribution in [0.2, 0.25) is 0 Å². The van der Waals surface area contributed by atoms with Gasteiger partial charge in [-0.05, 0) is 24.6 Å². The van der Waals surface area contributed by atoms with Crippen LogP contribution in [0.4, 0.5) is 10.5 Å². The van der Waals surface area contributed by atoms with Crippen LogP contribution in [0.15, 0.2) is 18.2 Å². The summed E-state index contributed by atoms with van der Waals surface area (Å²) in [5, 5.41) is 13.5. The molecule has 0 radical (unpaired) electrons. The van der Waals surface area contributed by atoms with Crippen LogP contribution in [0, 0.1) is 6.92 Å². The fourth-order valence-electron chi connectivity index (χ4n) is 1.57. The van der Waals surface area contributed by atoms with Gasteiger partial charge in [0.25, 0.3) is 5.91 Å². The number of ether oxygens (including phenoxy) is 1. The van der Waals surface area contributed by atoms with Crippen molar-refractivity contribution in [2.75, 3.05) is 32.6 Å². The summed E-state index contributed by atoms with van der Waals surface area (Å²) in [4.78, 5) is 35.1. The van der Waals surface area contributed by atoms with E-state index in [2.05, 4.69) is 10.6 Å². The highest BCUT2D eigenvalue weighted by molar-refractivity contribution is 5.91.